The topological polar surface area (TPSA) is 374 Å². The second kappa shape index (κ2) is 48.6. The molecule has 6 aromatic rings. The molecule has 130 heavy (non-hydrogen) atoms. The van der Waals surface area contributed by atoms with Crippen LogP contribution in [0.25, 0.3) is 0 Å². The van der Waals surface area contributed by atoms with Gasteiger partial charge in [-0.15, -0.1) is 0 Å². The lowest BCUT2D eigenvalue weighted by Gasteiger charge is -2.41. The smallest absolute Gasteiger partial charge is 0.423 e. The fourth-order valence-electron chi connectivity index (χ4n) is 13.3. The molecule has 0 saturated heterocycles. The quantitative estimate of drug-likeness (QED) is 0.0225. The van der Waals surface area contributed by atoms with Gasteiger partial charge in [-0.05, 0) is 230 Å². The number of anilines is 4. The second-order valence-electron chi connectivity index (χ2n) is 43.1. The lowest BCUT2D eigenvalue weighted by molar-refractivity contribution is -0.123. The van der Waals surface area contributed by atoms with Gasteiger partial charge in [-0.25, -0.2) is 44.3 Å². The van der Waals surface area contributed by atoms with Crippen LogP contribution in [-0.4, -0.2) is 150 Å². The number of benzene rings is 2. The molecule has 724 valence electrons. The van der Waals surface area contributed by atoms with Crippen molar-refractivity contribution in [3.05, 3.63) is 131 Å². The number of carbonyl (C=O) groups is 5. The number of nitrogen functional groups attached to an aromatic ring is 1. The second-order valence-corrected chi connectivity index (χ2v) is 62.3. The molecule has 8 atom stereocenters. The van der Waals surface area contributed by atoms with Crippen LogP contribution < -0.4 is 32.5 Å². The standard InChI is InChI=1S/2C21H36BrN3O2Si.C16H24BrN3O4S.C16H28BrN3OSi.C14H13BFNO3.C5H9ClO/c2*1-20(2,3)19(26)25-18-17(22)24-16(13-23-18)14-10-9-11-15(12-14)27-28(7,8)21(4,5)6;1-16(2,3)15(21)20-14-13(17)19-12(9-18-14)10-6-5-7-11(8-10)24-25(4,22)23;1-16(2,3)22(4,5)21-12-8-6-7-11(9-12)13-10-19-15(18)14(17)20-13;16-13-8-11(15(19)20)6-7-12(13)14(18)17-9-10-4-2-1-3-5-10;1-5(2,3)4(6)7/h2*13-15H,9-12H2,1-8H3,(H,23,25,26);9-11H,5-8H2,1-4H3,(H,18,20,21);10-12H,6-9H2,1-5H3,(H2,18,19);1-8,19-20H,9H2,(H,17,18);1-3H3/t2*14-,15+;10-,11+;11-,12+;;/m1111../s1. The summed E-state index contributed by atoms with van der Waals surface area (Å²) >= 11 is 18.8. The van der Waals surface area contributed by atoms with Gasteiger partial charge in [0.25, 0.3) is 16.0 Å². The molecule has 37 heteroatoms. The Morgan fingerprint density at radius 3 is 1.05 bits per heavy atom. The van der Waals surface area contributed by atoms with E-state index in [4.69, 9.17) is 54.8 Å². The Morgan fingerprint density at radius 1 is 0.477 bits per heavy atom. The number of rotatable bonds is 19. The summed E-state index contributed by atoms with van der Waals surface area (Å²) in [5, 5.41) is 29.3. The molecular weight excluding hydrogens is 2010 g/mol. The molecule has 4 amide bonds. The summed E-state index contributed by atoms with van der Waals surface area (Å²) in [6.07, 6.45) is 25.1. The summed E-state index contributed by atoms with van der Waals surface area (Å²) in [6.45, 7) is 56.9. The van der Waals surface area contributed by atoms with Gasteiger partial charge in [0.2, 0.25) is 23.0 Å². The number of amides is 4. The number of hydrogen-bond donors (Lipinski definition) is 7. The van der Waals surface area contributed by atoms with Crippen molar-refractivity contribution < 1.29 is 64.3 Å². The molecule has 4 fully saturated rings. The average molecular weight is 2160 g/mol. The zero-order valence-electron chi connectivity index (χ0n) is 81.9. The third-order valence-electron chi connectivity index (χ3n) is 24.5. The molecule has 0 bridgehead atoms. The van der Waals surface area contributed by atoms with Crippen molar-refractivity contribution in [2.75, 3.05) is 27.9 Å². The first-order valence-corrected chi connectivity index (χ1v) is 59.0. The van der Waals surface area contributed by atoms with Crippen molar-refractivity contribution in [3.8, 4) is 0 Å². The first-order valence-electron chi connectivity index (χ1n) is 44.9. The van der Waals surface area contributed by atoms with Crippen LogP contribution in [0.15, 0.2) is 91.7 Å². The summed E-state index contributed by atoms with van der Waals surface area (Å²) in [7, 11) is -10.5. The Kier molecular flexibility index (Phi) is 43.1. The molecular formula is C93H146BBr4ClFN13O13SSi3. The van der Waals surface area contributed by atoms with E-state index in [0.717, 1.165) is 131 Å². The molecule has 8 N–H and O–H groups in total. The van der Waals surface area contributed by atoms with Crippen molar-refractivity contribution in [3.63, 3.8) is 0 Å². The van der Waals surface area contributed by atoms with Crippen LogP contribution in [0.2, 0.25) is 54.4 Å². The van der Waals surface area contributed by atoms with Crippen LogP contribution in [0.4, 0.5) is 27.7 Å². The third-order valence-corrected chi connectivity index (χ3v) is 41.5. The largest absolute Gasteiger partial charge is 0.488 e. The van der Waals surface area contributed by atoms with E-state index in [1.165, 1.54) is 18.6 Å². The number of carbonyl (C=O) groups excluding carboxylic acids is 5. The van der Waals surface area contributed by atoms with Gasteiger partial charge in [-0.2, -0.15) is 8.42 Å². The van der Waals surface area contributed by atoms with Crippen molar-refractivity contribution in [1.29, 1.82) is 0 Å². The number of hydrogen-bond acceptors (Lipinski definition) is 22. The maximum absolute atomic E-state index is 13.7. The van der Waals surface area contributed by atoms with Crippen molar-refractivity contribution >= 4 is 175 Å². The number of nitrogens with zero attached hydrogens (tertiary/aromatic N) is 8. The van der Waals surface area contributed by atoms with Gasteiger partial charge in [0, 0.05) is 70.2 Å². The van der Waals surface area contributed by atoms with Crippen LogP contribution in [0, 0.1) is 27.5 Å². The molecule has 4 aliphatic rings. The van der Waals surface area contributed by atoms with Crippen LogP contribution in [-0.2, 0) is 53.3 Å². The predicted octanol–water partition coefficient (Wildman–Crippen LogP) is 22.9. The Hall–Kier alpha value is -5.32. The number of nitrogens with one attached hydrogen (secondary N) is 4. The zero-order chi connectivity index (χ0) is 98.6. The SMILES string of the molecule is CC(C)(C)C(=O)Cl.CC(C)(C)C(=O)Nc1ncc([C@@H]2CCC[C@H](OS(C)(=O)=O)C2)nc1Br.CC(C)(C)C(=O)Nc1ncc([C@@H]2CCC[C@H](O[Si](C)(C)C(C)(C)C)C2)nc1Br.CC(C)(C)C(=O)Nc1ncc([C@@H]2CCC[C@H](O[Si](C)(C)C(C)(C)C)C2)nc1Br.CC(C)(C)[Si](C)(C)O[C@H]1CCC[C@@H](c2cnc(N)c(Br)n2)C1.O=C(NCc1ccccc1)c1ccc(B(O)O)cc1F. The number of aromatic nitrogens is 8. The maximum atomic E-state index is 13.7. The van der Waals surface area contributed by atoms with Crippen molar-refractivity contribution in [1.82, 2.24) is 45.2 Å². The number of nitrogens with two attached hydrogens (primary N) is 1. The highest BCUT2D eigenvalue weighted by molar-refractivity contribution is 9.11. The highest BCUT2D eigenvalue weighted by atomic mass is 79.9. The van der Waals surface area contributed by atoms with Gasteiger partial charge in [0.1, 0.15) is 24.2 Å². The Morgan fingerprint density at radius 2 is 0.777 bits per heavy atom. The van der Waals surface area contributed by atoms with Crippen molar-refractivity contribution in [2.24, 2.45) is 21.7 Å². The molecule has 0 radical (unpaired) electrons. The summed E-state index contributed by atoms with van der Waals surface area (Å²) < 4.78 is 63.7. The Balaban J connectivity index is 0.000000283. The number of halogens is 6. The molecule has 4 aromatic heterocycles. The highest BCUT2D eigenvalue weighted by Crippen LogP contribution is 2.46. The third kappa shape index (κ3) is 37.6. The van der Waals surface area contributed by atoms with Gasteiger partial charge in [-0.1, -0.05) is 207 Å². The van der Waals surface area contributed by atoms with Crippen LogP contribution in [0.1, 0.15) is 311 Å². The van der Waals surface area contributed by atoms with Gasteiger partial charge in [0.15, 0.2) is 48.2 Å². The first kappa shape index (κ1) is 115. The lowest BCUT2D eigenvalue weighted by atomic mass is 9.80. The lowest BCUT2D eigenvalue weighted by Crippen LogP contribution is -2.44. The molecule has 4 heterocycles. The normalized spacial score (nSPS) is 19.6. The van der Waals surface area contributed by atoms with E-state index in [0.29, 0.717) is 90.7 Å². The monoisotopic (exact) mass is 2150 g/mol. The van der Waals surface area contributed by atoms with Crippen molar-refractivity contribution in [2.45, 2.75) is 357 Å². The molecule has 0 unspecified atom stereocenters. The molecule has 2 aromatic carbocycles. The fourth-order valence-corrected chi connectivity index (χ4v) is 19.7. The van der Waals surface area contributed by atoms with Crippen LogP contribution in [0.5, 0.6) is 0 Å². The van der Waals surface area contributed by atoms with Gasteiger partial charge < -0.3 is 50.3 Å². The van der Waals surface area contributed by atoms with Crippen LogP contribution in [0.3, 0.4) is 0 Å². The minimum atomic E-state index is -3.46. The van der Waals surface area contributed by atoms with E-state index < -0.39 is 70.2 Å². The van der Waals surface area contributed by atoms with E-state index in [2.05, 4.69) is 216 Å². The minimum absolute atomic E-state index is 0.00195. The molecule has 0 aliphatic heterocycles. The Labute approximate surface area is 816 Å². The summed E-state index contributed by atoms with van der Waals surface area (Å²) in [5.74, 6) is 1.36. The van der Waals surface area contributed by atoms with E-state index >= 15 is 0 Å². The molecule has 26 nitrogen and oxygen atoms in total. The van der Waals surface area contributed by atoms with E-state index in [1.807, 2.05) is 111 Å². The zero-order valence-corrected chi connectivity index (χ0v) is 92.8. The minimum Gasteiger partial charge on any atom is -0.423 e. The van der Waals surface area contributed by atoms with E-state index in [1.54, 1.807) is 27.0 Å². The van der Waals surface area contributed by atoms with Crippen LogP contribution >= 0.6 is 75.3 Å². The van der Waals surface area contributed by atoms with E-state index in [-0.39, 0.29) is 66.5 Å². The highest BCUT2D eigenvalue weighted by Gasteiger charge is 2.44. The summed E-state index contributed by atoms with van der Waals surface area (Å²) in [5.41, 5.74) is 8.41. The molecule has 4 aliphatic carbocycles. The van der Waals surface area contributed by atoms with Gasteiger partial charge in [-0.3, -0.25) is 28.2 Å². The Bertz CT molecular complexity index is 4760. The summed E-state index contributed by atoms with van der Waals surface area (Å²) in [4.78, 5) is 94.5. The maximum Gasteiger partial charge on any atom is 0.488 e. The van der Waals surface area contributed by atoms with Gasteiger partial charge in [0.05, 0.1) is 65.5 Å². The molecule has 4 saturated carbocycles. The average Bonchev–Trinajstić information content (AvgIpc) is 0.811. The first-order chi connectivity index (χ1) is 59.5. The molecule has 10 rings (SSSR count). The molecule has 0 spiro atoms. The fraction of sp³-hybridized carbons (Fsp3) is 0.645. The predicted molar refractivity (Wildman–Crippen MR) is 543 cm³/mol. The van der Waals surface area contributed by atoms with Gasteiger partial charge >= 0.3 is 7.12 Å². The summed E-state index contributed by atoms with van der Waals surface area (Å²) in [6, 6.07) is 12.7. The van der Waals surface area contributed by atoms with E-state index in [9.17, 15) is 36.8 Å².